The highest BCUT2D eigenvalue weighted by molar-refractivity contribution is 7.13. The van der Waals surface area contributed by atoms with Gasteiger partial charge in [0.15, 0.2) is 5.13 Å². The molecule has 8 heteroatoms. The fourth-order valence-corrected chi connectivity index (χ4v) is 3.74. The number of nitrogens with one attached hydrogen (secondary N) is 2. The molecular formula is C24H17N3O4S. The van der Waals surface area contributed by atoms with E-state index in [9.17, 15) is 19.5 Å². The standard InChI is InChI=1S/C24H17N3O4S/c28-21(27-24-25-12-13-32-24)15-6-5-7-16(14-15)26-22(29)19-10-3-1-8-17(19)18-9-2-4-11-20(18)23(30)31/h1-14H,(H,26,29)(H,30,31)(H,25,27,28). The highest BCUT2D eigenvalue weighted by Crippen LogP contribution is 2.28. The third-order valence-electron chi connectivity index (χ3n) is 4.65. The Balaban J connectivity index is 1.60. The van der Waals surface area contributed by atoms with E-state index in [4.69, 9.17) is 0 Å². The number of amides is 2. The van der Waals surface area contributed by atoms with Gasteiger partial charge in [-0.15, -0.1) is 11.3 Å². The lowest BCUT2D eigenvalue weighted by Gasteiger charge is -2.13. The number of benzene rings is 3. The lowest BCUT2D eigenvalue weighted by Crippen LogP contribution is -2.15. The van der Waals surface area contributed by atoms with E-state index >= 15 is 0 Å². The van der Waals surface area contributed by atoms with Gasteiger partial charge in [0.05, 0.1) is 5.56 Å². The Bertz CT molecular complexity index is 1300. The van der Waals surface area contributed by atoms with Crippen molar-refractivity contribution in [2.75, 3.05) is 10.6 Å². The molecule has 3 aromatic carbocycles. The number of carbonyl (C=O) groups excluding carboxylic acids is 2. The summed E-state index contributed by atoms with van der Waals surface area (Å²) in [7, 11) is 0. The molecule has 1 heterocycles. The van der Waals surface area contributed by atoms with Gasteiger partial charge in [-0.1, -0.05) is 42.5 Å². The Hall–Kier alpha value is -4.30. The zero-order chi connectivity index (χ0) is 22.5. The van der Waals surface area contributed by atoms with E-state index in [2.05, 4.69) is 15.6 Å². The lowest BCUT2D eigenvalue weighted by molar-refractivity contribution is 0.0697. The monoisotopic (exact) mass is 443 g/mol. The van der Waals surface area contributed by atoms with Crippen molar-refractivity contribution in [3.8, 4) is 11.1 Å². The normalized spacial score (nSPS) is 10.4. The summed E-state index contributed by atoms with van der Waals surface area (Å²) >= 11 is 1.31. The Morgan fingerprint density at radius 3 is 2.16 bits per heavy atom. The molecule has 1 aromatic heterocycles. The number of hydrogen-bond donors (Lipinski definition) is 3. The topological polar surface area (TPSA) is 108 Å². The first-order valence-electron chi connectivity index (χ1n) is 9.57. The van der Waals surface area contributed by atoms with Crippen LogP contribution in [0, 0.1) is 0 Å². The van der Waals surface area contributed by atoms with Crippen molar-refractivity contribution >= 4 is 39.9 Å². The smallest absolute Gasteiger partial charge is 0.336 e. The van der Waals surface area contributed by atoms with Crippen LogP contribution in [0.5, 0.6) is 0 Å². The molecule has 0 aliphatic rings. The summed E-state index contributed by atoms with van der Waals surface area (Å²) in [6.07, 6.45) is 1.59. The van der Waals surface area contributed by atoms with Crippen LogP contribution in [0.15, 0.2) is 84.4 Å². The third-order valence-corrected chi connectivity index (χ3v) is 5.34. The van der Waals surface area contributed by atoms with Gasteiger partial charge >= 0.3 is 5.97 Å². The Kier molecular flexibility index (Phi) is 6.05. The van der Waals surface area contributed by atoms with Gasteiger partial charge in [0.1, 0.15) is 0 Å². The summed E-state index contributed by atoms with van der Waals surface area (Å²) in [6, 6.07) is 19.8. The molecule has 0 aliphatic heterocycles. The van der Waals surface area contributed by atoms with Gasteiger partial charge in [0.2, 0.25) is 0 Å². The molecule has 0 radical (unpaired) electrons. The minimum Gasteiger partial charge on any atom is -0.478 e. The van der Waals surface area contributed by atoms with Crippen LogP contribution in [0.1, 0.15) is 31.1 Å². The summed E-state index contributed by atoms with van der Waals surface area (Å²) in [5.74, 6) is -1.83. The summed E-state index contributed by atoms with van der Waals surface area (Å²) in [6.45, 7) is 0. The number of aromatic carboxylic acids is 1. The average molecular weight is 443 g/mol. The molecule has 7 nitrogen and oxygen atoms in total. The summed E-state index contributed by atoms with van der Waals surface area (Å²) in [5.41, 5.74) is 2.17. The molecule has 0 bridgehead atoms. The number of carboxylic acid groups (broad SMARTS) is 1. The van der Waals surface area contributed by atoms with Gasteiger partial charge in [-0.05, 0) is 41.5 Å². The molecule has 32 heavy (non-hydrogen) atoms. The maximum Gasteiger partial charge on any atom is 0.336 e. The minimum atomic E-state index is -1.07. The minimum absolute atomic E-state index is 0.105. The number of hydrogen-bond acceptors (Lipinski definition) is 5. The van der Waals surface area contributed by atoms with E-state index in [1.165, 1.54) is 17.4 Å². The average Bonchev–Trinajstić information content (AvgIpc) is 3.32. The molecule has 0 saturated carbocycles. The van der Waals surface area contributed by atoms with Gasteiger partial charge in [-0.3, -0.25) is 14.9 Å². The lowest BCUT2D eigenvalue weighted by atomic mass is 9.95. The maximum absolute atomic E-state index is 13.1. The van der Waals surface area contributed by atoms with E-state index < -0.39 is 11.9 Å². The van der Waals surface area contributed by atoms with Crippen LogP contribution in [-0.4, -0.2) is 27.9 Å². The van der Waals surface area contributed by atoms with E-state index in [1.807, 2.05) is 0 Å². The molecule has 0 unspecified atom stereocenters. The van der Waals surface area contributed by atoms with Crippen LogP contribution in [0.3, 0.4) is 0 Å². The van der Waals surface area contributed by atoms with Crippen molar-refractivity contribution in [2.24, 2.45) is 0 Å². The van der Waals surface area contributed by atoms with Gasteiger partial charge in [0, 0.05) is 28.4 Å². The van der Waals surface area contributed by atoms with Crippen LogP contribution in [0.4, 0.5) is 10.8 Å². The van der Waals surface area contributed by atoms with Crippen molar-refractivity contribution in [1.29, 1.82) is 0 Å². The molecule has 0 fully saturated rings. The number of carboxylic acids is 1. The van der Waals surface area contributed by atoms with Crippen molar-refractivity contribution in [1.82, 2.24) is 4.98 Å². The SMILES string of the molecule is O=C(Nc1nccs1)c1cccc(NC(=O)c2ccccc2-c2ccccc2C(=O)O)c1. The summed E-state index contributed by atoms with van der Waals surface area (Å²) < 4.78 is 0. The van der Waals surface area contributed by atoms with Crippen molar-refractivity contribution in [2.45, 2.75) is 0 Å². The molecule has 0 spiro atoms. The van der Waals surface area contributed by atoms with E-state index in [0.29, 0.717) is 33.1 Å². The van der Waals surface area contributed by atoms with Crippen molar-refractivity contribution in [3.63, 3.8) is 0 Å². The van der Waals surface area contributed by atoms with Gasteiger partial charge in [-0.25, -0.2) is 9.78 Å². The first-order valence-corrected chi connectivity index (χ1v) is 10.4. The van der Waals surface area contributed by atoms with E-state index in [0.717, 1.165) is 0 Å². The number of aromatic nitrogens is 1. The quantitative estimate of drug-likeness (QED) is 0.388. The zero-order valence-corrected chi connectivity index (χ0v) is 17.4. The molecule has 0 saturated heterocycles. The van der Waals surface area contributed by atoms with Crippen LogP contribution in [0.2, 0.25) is 0 Å². The maximum atomic E-state index is 13.1. The summed E-state index contributed by atoms with van der Waals surface area (Å²) in [5, 5.41) is 17.3. The predicted molar refractivity (Wildman–Crippen MR) is 123 cm³/mol. The number of thiazole rings is 1. The Morgan fingerprint density at radius 1 is 0.781 bits per heavy atom. The number of anilines is 2. The first kappa shape index (κ1) is 21.0. The molecule has 4 rings (SSSR count). The van der Waals surface area contributed by atoms with Gasteiger partial charge < -0.3 is 10.4 Å². The molecule has 2 amide bonds. The van der Waals surface area contributed by atoms with Crippen LogP contribution in [-0.2, 0) is 0 Å². The van der Waals surface area contributed by atoms with Crippen LogP contribution in [0.25, 0.3) is 11.1 Å². The first-order chi connectivity index (χ1) is 15.5. The highest BCUT2D eigenvalue weighted by Gasteiger charge is 2.18. The molecule has 0 atom stereocenters. The van der Waals surface area contributed by atoms with Crippen LogP contribution >= 0.6 is 11.3 Å². The fourth-order valence-electron chi connectivity index (χ4n) is 3.21. The second kappa shape index (κ2) is 9.23. The second-order valence-electron chi connectivity index (χ2n) is 6.72. The molecule has 4 aromatic rings. The van der Waals surface area contributed by atoms with E-state index in [-0.39, 0.29) is 11.5 Å². The Labute approximate surface area is 187 Å². The predicted octanol–water partition coefficient (Wildman–Crippen LogP) is 5.01. The Morgan fingerprint density at radius 2 is 1.47 bits per heavy atom. The molecule has 3 N–H and O–H groups in total. The number of rotatable bonds is 6. The number of carbonyl (C=O) groups is 3. The van der Waals surface area contributed by atoms with Crippen LogP contribution < -0.4 is 10.6 Å². The highest BCUT2D eigenvalue weighted by atomic mass is 32.1. The summed E-state index contributed by atoms with van der Waals surface area (Å²) in [4.78, 5) is 41.2. The van der Waals surface area contributed by atoms with Gasteiger partial charge in [-0.2, -0.15) is 0 Å². The van der Waals surface area contributed by atoms with Gasteiger partial charge in [0.25, 0.3) is 11.8 Å². The number of nitrogens with zero attached hydrogens (tertiary/aromatic N) is 1. The molecule has 158 valence electrons. The van der Waals surface area contributed by atoms with E-state index in [1.54, 1.807) is 78.3 Å². The fraction of sp³-hybridized carbons (Fsp3) is 0. The van der Waals surface area contributed by atoms with Crippen molar-refractivity contribution < 1.29 is 19.5 Å². The zero-order valence-electron chi connectivity index (χ0n) is 16.6. The largest absolute Gasteiger partial charge is 0.478 e. The third kappa shape index (κ3) is 4.55. The van der Waals surface area contributed by atoms with Crippen molar-refractivity contribution in [3.05, 3.63) is 101 Å². The molecule has 0 aliphatic carbocycles. The molecular weight excluding hydrogens is 426 g/mol. The second-order valence-corrected chi connectivity index (χ2v) is 7.62.